The van der Waals surface area contributed by atoms with Crippen molar-refractivity contribution < 1.29 is 9.59 Å². The van der Waals surface area contributed by atoms with Crippen molar-refractivity contribution >= 4 is 51.2 Å². The molecule has 3 aliphatic carbocycles. The maximum atomic E-state index is 13.2. The number of carbonyl (C=O) groups excluding carboxylic acids is 2. The van der Waals surface area contributed by atoms with Crippen LogP contribution in [-0.4, -0.2) is 34.5 Å². The van der Waals surface area contributed by atoms with E-state index < -0.39 is 0 Å². The van der Waals surface area contributed by atoms with Gasteiger partial charge in [-0.15, -0.1) is 11.3 Å². The van der Waals surface area contributed by atoms with Gasteiger partial charge in [0.25, 0.3) is 5.91 Å². The topological polar surface area (TPSA) is 107 Å². The molecular formula is C24H30N6O2S2. The summed E-state index contributed by atoms with van der Waals surface area (Å²) in [6.45, 7) is 2.63. The number of rotatable bonds is 8. The molecule has 0 aromatic carbocycles. The van der Waals surface area contributed by atoms with Gasteiger partial charge in [0.05, 0.1) is 16.9 Å². The van der Waals surface area contributed by atoms with Crippen molar-refractivity contribution in [2.75, 3.05) is 17.3 Å². The number of carbonyl (C=O) groups is 2. The Labute approximate surface area is 208 Å². The summed E-state index contributed by atoms with van der Waals surface area (Å²) in [5.41, 5.74) is 9.55. The minimum atomic E-state index is -0.0782. The Morgan fingerprint density at radius 1 is 1.21 bits per heavy atom. The van der Waals surface area contributed by atoms with E-state index >= 15 is 0 Å². The molecule has 0 unspecified atom stereocenters. The number of anilines is 2. The van der Waals surface area contributed by atoms with Gasteiger partial charge in [0.2, 0.25) is 5.91 Å². The number of thiocarbonyl (C=S) groups is 1. The highest BCUT2D eigenvalue weighted by Crippen LogP contribution is 2.40. The molecule has 180 valence electrons. The molecule has 0 bridgehead atoms. The number of nitrogens with one attached hydrogen (secondary N) is 5. The van der Waals surface area contributed by atoms with Crippen molar-refractivity contribution in [3.05, 3.63) is 40.0 Å². The van der Waals surface area contributed by atoms with Crippen LogP contribution in [0.2, 0.25) is 0 Å². The lowest BCUT2D eigenvalue weighted by atomic mass is 9.91. The molecule has 2 aromatic rings. The SMILES string of the molecule is Cc1ncccc1NNC(=S)N[C@H]1CCc2sc(NC(=O)C3CC3)c(C(=O)NCC3CC3)c2C1. The van der Waals surface area contributed by atoms with Crippen molar-refractivity contribution in [3.63, 3.8) is 0 Å². The van der Waals surface area contributed by atoms with Gasteiger partial charge < -0.3 is 16.0 Å². The fourth-order valence-corrected chi connectivity index (χ4v) is 5.67. The molecule has 2 amide bonds. The van der Waals surface area contributed by atoms with Crippen LogP contribution in [0, 0.1) is 18.8 Å². The highest BCUT2D eigenvalue weighted by atomic mass is 32.1. The lowest BCUT2D eigenvalue weighted by Gasteiger charge is -2.26. The van der Waals surface area contributed by atoms with E-state index in [0.29, 0.717) is 34.6 Å². The van der Waals surface area contributed by atoms with Gasteiger partial charge in [0, 0.05) is 29.6 Å². The Kier molecular flexibility index (Phi) is 6.69. The van der Waals surface area contributed by atoms with Gasteiger partial charge in [-0.1, -0.05) is 0 Å². The molecule has 2 aromatic heterocycles. The molecule has 8 nitrogen and oxygen atoms in total. The van der Waals surface area contributed by atoms with Gasteiger partial charge in [-0.05, 0) is 87.7 Å². The van der Waals surface area contributed by atoms with Crippen LogP contribution in [-0.2, 0) is 17.6 Å². The molecule has 0 saturated heterocycles. The van der Waals surface area contributed by atoms with E-state index in [0.717, 1.165) is 42.6 Å². The number of hydrogen-bond donors (Lipinski definition) is 5. The van der Waals surface area contributed by atoms with Gasteiger partial charge in [0.1, 0.15) is 5.00 Å². The standard InChI is InChI=1S/C24H30N6O2S2/c1-13-18(3-2-10-25-13)29-30-24(33)27-16-8-9-19-17(11-16)20(22(32)26-12-14-4-5-14)23(34-19)28-21(31)15-6-7-15/h2-3,10,14-16,29H,4-9,11-12H2,1H3,(H,26,32)(H,28,31)(H2,27,30,33)/t16-/m0/s1. The first-order chi connectivity index (χ1) is 16.5. The van der Waals surface area contributed by atoms with Crippen LogP contribution in [0.5, 0.6) is 0 Å². The zero-order valence-corrected chi connectivity index (χ0v) is 20.8. The quantitative estimate of drug-likeness (QED) is 0.281. The molecule has 5 N–H and O–H groups in total. The van der Waals surface area contributed by atoms with Crippen LogP contribution < -0.4 is 26.8 Å². The Morgan fingerprint density at radius 2 is 2.03 bits per heavy atom. The van der Waals surface area contributed by atoms with Crippen LogP contribution in [0.25, 0.3) is 0 Å². The minimum Gasteiger partial charge on any atom is -0.358 e. The fourth-order valence-electron chi connectivity index (χ4n) is 4.20. The monoisotopic (exact) mass is 498 g/mol. The highest BCUT2D eigenvalue weighted by molar-refractivity contribution is 7.80. The third-order valence-electron chi connectivity index (χ3n) is 6.57. The Balaban J connectivity index is 1.26. The number of hydrogen-bond acceptors (Lipinski definition) is 6. The Morgan fingerprint density at radius 3 is 2.76 bits per heavy atom. The van der Waals surface area contributed by atoms with E-state index in [2.05, 4.69) is 31.8 Å². The number of pyridine rings is 1. The van der Waals surface area contributed by atoms with Gasteiger partial charge in [-0.3, -0.25) is 25.4 Å². The predicted octanol–water partition coefficient (Wildman–Crippen LogP) is 3.29. The Hall–Kier alpha value is -2.72. The molecule has 1 atom stereocenters. The molecule has 0 spiro atoms. The molecular weight excluding hydrogens is 468 g/mol. The number of thiophene rings is 1. The van der Waals surface area contributed by atoms with E-state index in [4.69, 9.17) is 12.2 Å². The zero-order chi connectivity index (χ0) is 23.7. The molecule has 2 heterocycles. The largest absolute Gasteiger partial charge is 0.358 e. The summed E-state index contributed by atoms with van der Waals surface area (Å²) in [6, 6.07) is 3.89. The van der Waals surface area contributed by atoms with Crippen molar-refractivity contribution in [2.24, 2.45) is 11.8 Å². The highest BCUT2D eigenvalue weighted by Gasteiger charge is 2.34. The third kappa shape index (κ3) is 5.50. The van der Waals surface area contributed by atoms with Crippen LogP contribution in [0.1, 0.15) is 58.6 Å². The average Bonchev–Trinajstić information content (AvgIpc) is 3.73. The zero-order valence-electron chi connectivity index (χ0n) is 19.2. The van der Waals surface area contributed by atoms with Crippen molar-refractivity contribution in [1.82, 2.24) is 21.0 Å². The van der Waals surface area contributed by atoms with Gasteiger partial charge in [-0.2, -0.15) is 0 Å². The number of aromatic nitrogens is 1. The maximum Gasteiger partial charge on any atom is 0.254 e. The van der Waals surface area contributed by atoms with E-state index in [-0.39, 0.29) is 23.8 Å². The number of amides is 2. The Bertz CT molecular complexity index is 1110. The molecule has 3 aliphatic rings. The van der Waals surface area contributed by atoms with E-state index in [1.165, 1.54) is 17.7 Å². The lowest BCUT2D eigenvalue weighted by molar-refractivity contribution is -0.117. The summed E-state index contributed by atoms with van der Waals surface area (Å²) in [5.74, 6) is 0.643. The summed E-state index contributed by atoms with van der Waals surface area (Å²) in [5, 5.41) is 10.7. The second-order valence-electron chi connectivity index (χ2n) is 9.42. The first-order valence-corrected chi connectivity index (χ1v) is 13.2. The van der Waals surface area contributed by atoms with E-state index in [9.17, 15) is 9.59 Å². The maximum absolute atomic E-state index is 13.2. The van der Waals surface area contributed by atoms with Crippen molar-refractivity contribution in [1.29, 1.82) is 0 Å². The molecule has 34 heavy (non-hydrogen) atoms. The normalized spacial score (nSPS) is 19.0. The van der Waals surface area contributed by atoms with Gasteiger partial charge in [-0.25, -0.2) is 0 Å². The summed E-state index contributed by atoms with van der Waals surface area (Å²) < 4.78 is 0. The average molecular weight is 499 g/mol. The van der Waals surface area contributed by atoms with Gasteiger partial charge >= 0.3 is 0 Å². The van der Waals surface area contributed by atoms with Crippen LogP contribution in [0.15, 0.2) is 18.3 Å². The lowest BCUT2D eigenvalue weighted by Crippen LogP contribution is -2.46. The summed E-state index contributed by atoms with van der Waals surface area (Å²) in [6.07, 6.45) is 8.40. The first kappa shape index (κ1) is 23.0. The predicted molar refractivity (Wildman–Crippen MR) is 138 cm³/mol. The smallest absolute Gasteiger partial charge is 0.254 e. The summed E-state index contributed by atoms with van der Waals surface area (Å²) in [7, 11) is 0. The molecule has 5 rings (SSSR count). The number of hydrazine groups is 1. The fraction of sp³-hybridized carbons (Fsp3) is 0.500. The van der Waals surface area contributed by atoms with Crippen LogP contribution in [0.3, 0.4) is 0 Å². The second-order valence-corrected chi connectivity index (χ2v) is 10.9. The molecule has 2 saturated carbocycles. The van der Waals surface area contributed by atoms with E-state index in [1.807, 2.05) is 19.1 Å². The molecule has 0 aliphatic heterocycles. The molecule has 2 fully saturated rings. The van der Waals surface area contributed by atoms with Crippen LogP contribution >= 0.6 is 23.6 Å². The first-order valence-electron chi connectivity index (χ1n) is 12.0. The third-order valence-corrected chi connectivity index (χ3v) is 8.00. The minimum absolute atomic E-state index is 0.0339. The molecule has 10 heteroatoms. The number of fused-ring (bicyclic) bond motifs is 1. The summed E-state index contributed by atoms with van der Waals surface area (Å²) in [4.78, 5) is 31.1. The number of aryl methyl sites for hydroxylation is 2. The van der Waals surface area contributed by atoms with Gasteiger partial charge in [0.15, 0.2) is 5.11 Å². The van der Waals surface area contributed by atoms with Crippen molar-refractivity contribution in [3.8, 4) is 0 Å². The van der Waals surface area contributed by atoms with Crippen molar-refractivity contribution in [2.45, 2.75) is 57.9 Å². The van der Waals surface area contributed by atoms with Crippen LogP contribution in [0.4, 0.5) is 10.7 Å². The van der Waals surface area contributed by atoms with E-state index in [1.54, 1.807) is 17.5 Å². The second kappa shape index (κ2) is 9.87. The summed E-state index contributed by atoms with van der Waals surface area (Å²) >= 11 is 7.05. The number of nitrogens with zero attached hydrogens (tertiary/aromatic N) is 1. The molecule has 0 radical (unpaired) electrons.